The van der Waals surface area contributed by atoms with Gasteiger partial charge in [0.25, 0.3) is 5.91 Å². The Morgan fingerprint density at radius 3 is 2.73 bits per heavy atom. The van der Waals surface area contributed by atoms with Crippen LogP contribution < -0.4 is 0 Å². The Hall–Kier alpha value is -2.92. The zero-order valence-electron chi connectivity index (χ0n) is 14.4. The first kappa shape index (κ1) is 17.9. The zero-order chi connectivity index (χ0) is 18.5. The van der Waals surface area contributed by atoms with Crippen LogP contribution in [-0.4, -0.2) is 27.5 Å². The number of rotatable bonds is 6. The van der Waals surface area contributed by atoms with Gasteiger partial charge in [0, 0.05) is 22.7 Å². The van der Waals surface area contributed by atoms with Gasteiger partial charge in [-0.1, -0.05) is 59.2 Å². The van der Waals surface area contributed by atoms with E-state index in [1.165, 1.54) is 0 Å². The molecule has 1 heterocycles. The lowest BCUT2D eigenvalue weighted by molar-refractivity contribution is 0.0745. The number of benzene rings is 2. The molecule has 0 aliphatic carbocycles. The van der Waals surface area contributed by atoms with Crippen molar-refractivity contribution < 1.29 is 9.32 Å². The molecule has 3 aromatic rings. The van der Waals surface area contributed by atoms with Crippen molar-refractivity contribution in [2.45, 2.75) is 13.5 Å². The molecule has 2 aromatic carbocycles. The van der Waals surface area contributed by atoms with Gasteiger partial charge in [-0.05, 0) is 24.6 Å². The van der Waals surface area contributed by atoms with Crippen LogP contribution in [0.1, 0.15) is 21.8 Å². The van der Waals surface area contributed by atoms with E-state index < -0.39 is 0 Å². The van der Waals surface area contributed by atoms with E-state index in [1.807, 2.05) is 43.3 Å². The Labute approximate surface area is 156 Å². The van der Waals surface area contributed by atoms with Crippen LogP contribution in [0.15, 0.2) is 65.7 Å². The summed E-state index contributed by atoms with van der Waals surface area (Å²) < 4.78 is 5.31. The second-order valence-corrected chi connectivity index (χ2v) is 6.22. The van der Waals surface area contributed by atoms with Crippen molar-refractivity contribution in [3.05, 3.63) is 83.2 Å². The first-order valence-electron chi connectivity index (χ1n) is 8.13. The van der Waals surface area contributed by atoms with E-state index in [-0.39, 0.29) is 12.5 Å². The summed E-state index contributed by atoms with van der Waals surface area (Å²) in [5.41, 5.74) is 2.28. The summed E-state index contributed by atoms with van der Waals surface area (Å²) in [5.74, 6) is 0.675. The molecule has 0 saturated carbocycles. The van der Waals surface area contributed by atoms with E-state index in [0.29, 0.717) is 28.8 Å². The van der Waals surface area contributed by atoms with Gasteiger partial charge < -0.3 is 9.42 Å². The second-order valence-electron chi connectivity index (χ2n) is 5.82. The predicted molar refractivity (Wildman–Crippen MR) is 101 cm³/mol. The molecular weight excluding hydrogens is 350 g/mol. The highest BCUT2D eigenvalue weighted by atomic mass is 35.5. The molecule has 0 saturated heterocycles. The van der Waals surface area contributed by atoms with Crippen molar-refractivity contribution in [3.8, 4) is 11.4 Å². The van der Waals surface area contributed by atoms with Gasteiger partial charge in [-0.25, -0.2) is 0 Å². The van der Waals surface area contributed by atoms with Gasteiger partial charge >= 0.3 is 0 Å². The molecule has 0 bridgehead atoms. The molecular formula is C20H18ClN3O2. The number of aryl methyl sites for hydroxylation is 1. The minimum atomic E-state index is -0.175. The third-order valence-electron chi connectivity index (χ3n) is 3.88. The maximum absolute atomic E-state index is 12.8. The van der Waals surface area contributed by atoms with Gasteiger partial charge in [0.1, 0.15) is 6.54 Å². The Kier molecular flexibility index (Phi) is 5.49. The topological polar surface area (TPSA) is 59.2 Å². The largest absolute Gasteiger partial charge is 0.337 e. The number of hydrogen-bond acceptors (Lipinski definition) is 4. The highest BCUT2D eigenvalue weighted by Gasteiger charge is 2.19. The fourth-order valence-corrected chi connectivity index (χ4v) is 2.65. The Morgan fingerprint density at radius 2 is 2.04 bits per heavy atom. The maximum Gasteiger partial charge on any atom is 0.254 e. The molecule has 0 fully saturated rings. The van der Waals surface area contributed by atoms with Gasteiger partial charge in [0.15, 0.2) is 0 Å². The maximum atomic E-state index is 12.8. The van der Waals surface area contributed by atoms with E-state index in [9.17, 15) is 4.79 Å². The summed E-state index contributed by atoms with van der Waals surface area (Å²) in [4.78, 5) is 18.8. The minimum Gasteiger partial charge on any atom is -0.337 e. The van der Waals surface area contributed by atoms with Gasteiger partial charge in [0.05, 0.1) is 0 Å². The van der Waals surface area contributed by atoms with E-state index in [1.54, 1.807) is 23.1 Å². The molecule has 132 valence electrons. The smallest absolute Gasteiger partial charge is 0.254 e. The number of hydrogen-bond donors (Lipinski definition) is 0. The van der Waals surface area contributed by atoms with Crippen molar-refractivity contribution in [1.82, 2.24) is 15.0 Å². The molecule has 0 radical (unpaired) electrons. The molecule has 0 atom stereocenters. The first-order chi connectivity index (χ1) is 12.6. The van der Waals surface area contributed by atoms with Crippen LogP contribution in [0.2, 0.25) is 5.02 Å². The first-order valence-corrected chi connectivity index (χ1v) is 8.50. The highest BCUT2D eigenvalue weighted by Crippen LogP contribution is 2.20. The molecule has 0 aliphatic heterocycles. The molecule has 0 spiro atoms. The lowest BCUT2D eigenvalue weighted by Gasteiger charge is -2.19. The van der Waals surface area contributed by atoms with E-state index in [2.05, 4.69) is 16.7 Å². The summed E-state index contributed by atoms with van der Waals surface area (Å²) >= 11 is 6.14. The van der Waals surface area contributed by atoms with Crippen LogP contribution in [-0.2, 0) is 6.54 Å². The number of halogens is 1. The number of aromatic nitrogens is 2. The fraction of sp³-hybridized carbons (Fsp3) is 0.150. The molecule has 6 heteroatoms. The second kappa shape index (κ2) is 7.97. The molecule has 1 amide bonds. The van der Waals surface area contributed by atoms with Crippen LogP contribution in [0.4, 0.5) is 0 Å². The lowest BCUT2D eigenvalue weighted by atomic mass is 10.1. The number of nitrogens with zero attached hydrogens (tertiary/aromatic N) is 3. The van der Waals surface area contributed by atoms with Gasteiger partial charge in [0.2, 0.25) is 11.7 Å². The van der Waals surface area contributed by atoms with Crippen LogP contribution in [0, 0.1) is 6.92 Å². The third-order valence-corrected chi connectivity index (χ3v) is 4.29. The minimum absolute atomic E-state index is 0.175. The standard InChI is InChI=1S/C20H18ClN3O2/c1-3-11-24(20(25)16-10-9-14(2)17(21)12-16)13-18-22-19(23-26-18)15-7-5-4-6-8-15/h3-10,12H,1,11,13H2,2H3. The quantitative estimate of drug-likeness (QED) is 0.601. The van der Waals surface area contributed by atoms with E-state index in [0.717, 1.165) is 11.1 Å². The Bertz CT molecular complexity index is 922. The van der Waals surface area contributed by atoms with Crippen molar-refractivity contribution >= 4 is 17.5 Å². The number of carbonyl (C=O) groups excluding carboxylic acids is 1. The van der Waals surface area contributed by atoms with E-state index in [4.69, 9.17) is 16.1 Å². The van der Waals surface area contributed by atoms with Gasteiger partial charge in [-0.2, -0.15) is 4.98 Å². The normalized spacial score (nSPS) is 10.5. The fourth-order valence-electron chi connectivity index (χ4n) is 2.47. The molecule has 0 unspecified atom stereocenters. The van der Waals surface area contributed by atoms with Crippen molar-refractivity contribution in [3.63, 3.8) is 0 Å². The van der Waals surface area contributed by atoms with Crippen LogP contribution in [0.5, 0.6) is 0 Å². The van der Waals surface area contributed by atoms with Crippen molar-refractivity contribution in [2.75, 3.05) is 6.54 Å². The Balaban J connectivity index is 1.80. The van der Waals surface area contributed by atoms with Crippen LogP contribution >= 0.6 is 11.6 Å². The SMILES string of the molecule is C=CCN(Cc1nc(-c2ccccc2)no1)C(=O)c1ccc(C)c(Cl)c1. The zero-order valence-corrected chi connectivity index (χ0v) is 15.1. The average Bonchev–Trinajstić information content (AvgIpc) is 3.12. The molecule has 3 rings (SSSR count). The monoisotopic (exact) mass is 367 g/mol. The van der Waals surface area contributed by atoms with Gasteiger partial charge in [-0.3, -0.25) is 4.79 Å². The van der Waals surface area contributed by atoms with Gasteiger partial charge in [-0.15, -0.1) is 6.58 Å². The highest BCUT2D eigenvalue weighted by molar-refractivity contribution is 6.31. The molecule has 1 aromatic heterocycles. The van der Waals surface area contributed by atoms with E-state index >= 15 is 0 Å². The molecule has 0 aliphatic rings. The Morgan fingerprint density at radius 1 is 1.27 bits per heavy atom. The summed E-state index contributed by atoms with van der Waals surface area (Å²) in [7, 11) is 0. The molecule has 26 heavy (non-hydrogen) atoms. The molecule has 5 nitrogen and oxygen atoms in total. The summed E-state index contributed by atoms with van der Waals surface area (Å²) in [6.45, 7) is 6.15. The van der Waals surface area contributed by atoms with Crippen molar-refractivity contribution in [2.24, 2.45) is 0 Å². The lowest BCUT2D eigenvalue weighted by Crippen LogP contribution is -2.30. The average molecular weight is 368 g/mol. The van der Waals surface area contributed by atoms with Crippen molar-refractivity contribution in [1.29, 1.82) is 0 Å². The third kappa shape index (κ3) is 4.00. The summed E-state index contributed by atoms with van der Waals surface area (Å²) in [6.07, 6.45) is 1.65. The predicted octanol–water partition coefficient (Wildman–Crippen LogP) is 4.53. The van der Waals surface area contributed by atoms with Crippen LogP contribution in [0.3, 0.4) is 0 Å². The summed E-state index contributed by atoms with van der Waals surface area (Å²) in [6, 6.07) is 14.8. The molecule has 0 N–H and O–H groups in total. The summed E-state index contributed by atoms with van der Waals surface area (Å²) in [5, 5.41) is 4.54. The number of carbonyl (C=O) groups is 1. The van der Waals surface area contributed by atoms with Crippen LogP contribution in [0.25, 0.3) is 11.4 Å². The number of amides is 1.